The van der Waals surface area contributed by atoms with E-state index in [-0.39, 0.29) is 5.56 Å². The lowest BCUT2D eigenvalue weighted by atomic mass is 10.1. The average molecular weight is 378 g/mol. The molecule has 0 amide bonds. The van der Waals surface area contributed by atoms with Crippen LogP contribution in [0.1, 0.15) is 11.1 Å². The first-order valence-electron chi connectivity index (χ1n) is 8.90. The maximum atomic E-state index is 12.5. The van der Waals surface area contributed by atoms with Gasteiger partial charge in [-0.25, -0.2) is 0 Å². The average Bonchev–Trinajstić information content (AvgIpc) is 3.04. The normalized spacial score (nSPS) is 11.0. The molecule has 0 spiro atoms. The van der Waals surface area contributed by atoms with Crippen molar-refractivity contribution in [2.24, 2.45) is 0 Å². The van der Waals surface area contributed by atoms with Crippen LogP contribution in [0.4, 0.5) is 5.69 Å². The highest BCUT2D eigenvalue weighted by Crippen LogP contribution is 2.27. The smallest absolute Gasteiger partial charge is 0.259 e. The van der Waals surface area contributed by atoms with Gasteiger partial charge in [-0.2, -0.15) is 0 Å². The Morgan fingerprint density at radius 2 is 1.96 bits per heavy atom. The van der Waals surface area contributed by atoms with Gasteiger partial charge >= 0.3 is 0 Å². The summed E-state index contributed by atoms with van der Waals surface area (Å²) in [6.45, 7) is 2.76. The standard InChI is InChI=1S/C22H20ClN3O/c1-14-5-6-18-16(11-14)13-20(26-18)21-19(8-10-25-22(21)27)24-9-7-15-3-2-4-17(23)12-15/h2-6,8,10-13,26H,7,9H2,1H3,(H2,24,25,27). The van der Waals surface area contributed by atoms with Crippen molar-refractivity contribution in [1.82, 2.24) is 9.97 Å². The molecule has 5 heteroatoms. The SMILES string of the molecule is Cc1ccc2[nH]c(-c3c(NCCc4cccc(Cl)c4)cc[nH]c3=O)cc2c1. The molecule has 136 valence electrons. The van der Waals surface area contributed by atoms with E-state index in [4.69, 9.17) is 11.6 Å². The lowest BCUT2D eigenvalue weighted by Gasteiger charge is -2.10. The quantitative estimate of drug-likeness (QED) is 0.451. The second-order valence-corrected chi connectivity index (χ2v) is 7.11. The summed E-state index contributed by atoms with van der Waals surface area (Å²) >= 11 is 6.05. The lowest BCUT2D eigenvalue weighted by Crippen LogP contribution is -2.14. The molecule has 0 bridgehead atoms. The van der Waals surface area contributed by atoms with E-state index < -0.39 is 0 Å². The molecule has 0 unspecified atom stereocenters. The summed E-state index contributed by atoms with van der Waals surface area (Å²) in [6, 6.07) is 17.9. The van der Waals surface area contributed by atoms with Crippen LogP contribution in [0.15, 0.2) is 65.6 Å². The largest absolute Gasteiger partial charge is 0.384 e. The second kappa shape index (κ2) is 7.33. The molecule has 4 rings (SSSR count). The minimum absolute atomic E-state index is 0.119. The zero-order chi connectivity index (χ0) is 18.8. The van der Waals surface area contributed by atoms with Crippen molar-refractivity contribution in [1.29, 1.82) is 0 Å². The first-order chi connectivity index (χ1) is 13.1. The van der Waals surface area contributed by atoms with Crippen LogP contribution in [-0.2, 0) is 6.42 Å². The molecule has 0 saturated heterocycles. The van der Waals surface area contributed by atoms with E-state index in [1.807, 2.05) is 42.5 Å². The Labute approximate surface area is 162 Å². The molecule has 4 aromatic rings. The molecule has 0 radical (unpaired) electrons. The van der Waals surface area contributed by atoms with Gasteiger partial charge in [0.25, 0.3) is 5.56 Å². The summed E-state index contributed by atoms with van der Waals surface area (Å²) in [6.07, 6.45) is 2.49. The number of rotatable bonds is 5. The predicted octanol–water partition coefficient (Wildman–Crippen LogP) is 5.14. The highest BCUT2D eigenvalue weighted by Gasteiger charge is 2.12. The van der Waals surface area contributed by atoms with Gasteiger partial charge in [-0.3, -0.25) is 4.79 Å². The van der Waals surface area contributed by atoms with Crippen molar-refractivity contribution in [3.05, 3.63) is 87.3 Å². The zero-order valence-corrected chi connectivity index (χ0v) is 15.7. The van der Waals surface area contributed by atoms with Gasteiger partial charge in [0.15, 0.2) is 0 Å². The van der Waals surface area contributed by atoms with Gasteiger partial charge < -0.3 is 15.3 Å². The number of pyridine rings is 1. The van der Waals surface area contributed by atoms with Gasteiger partial charge in [-0.15, -0.1) is 0 Å². The summed E-state index contributed by atoms with van der Waals surface area (Å²) in [7, 11) is 0. The van der Waals surface area contributed by atoms with Crippen LogP contribution in [0.3, 0.4) is 0 Å². The van der Waals surface area contributed by atoms with Crippen LogP contribution in [0, 0.1) is 6.92 Å². The van der Waals surface area contributed by atoms with Gasteiger partial charge in [0.05, 0.1) is 16.9 Å². The van der Waals surface area contributed by atoms with Crippen molar-refractivity contribution in [3.63, 3.8) is 0 Å². The van der Waals surface area contributed by atoms with Gasteiger partial charge in [0, 0.05) is 28.7 Å². The summed E-state index contributed by atoms with van der Waals surface area (Å²) in [5, 5.41) is 5.22. The maximum absolute atomic E-state index is 12.5. The third-order valence-electron chi connectivity index (χ3n) is 4.62. The Hall–Kier alpha value is -2.98. The Kier molecular flexibility index (Phi) is 4.73. The molecule has 0 atom stereocenters. The second-order valence-electron chi connectivity index (χ2n) is 6.68. The number of aryl methyl sites for hydroxylation is 1. The molecule has 0 fully saturated rings. The molecule has 0 saturated carbocycles. The monoisotopic (exact) mass is 377 g/mol. The number of aromatic nitrogens is 2. The first kappa shape index (κ1) is 17.4. The number of nitrogens with one attached hydrogen (secondary N) is 3. The Morgan fingerprint density at radius 1 is 1.07 bits per heavy atom. The summed E-state index contributed by atoms with van der Waals surface area (Å²) in [5.74, 6) is 0. The van der Waals surface area contributed by atoms with Crippen LogP contribution in [0.5, 0.6) is 0 Å². The minimum atomic E-state index is -0.119. The van der Waals surface area contributed by atoms with Gasteiger partial charge in [0.2, 0.25) is 0 Å². The molecule has 4 nitrogen and oxygen atoms in total. The highest BCUT2D eigenvalue weighted by atomic mass is 35.5. The lowest BCUT2D eigenvalue weighted by molar-refractivity contribution is 1.02. The fourth-order valence-electron chi connectivity index (χ4n) is 3.31. The van der Waals surface area contributed by atoms with Crippen molar-refractivity contribution >= 4 is 28.2 Å². The van der Waals surface area contributed by atoms with Gasteiger partial charge in [-0.1, -0.05) is 35.4 Å². The van der Waals surface area contributed by atoms with Crippen LogP contribution >= 0.6 is 11.6 Å². The van der Waals surface area contributed by atoms with E-state index in [2.05, 4.69) is 34.3 Å². The molecular formula is C22H20ClN3O. The molecule has 2 aromatic heterocycles. The zero-order valence-electron chi connectivity index (χ0n) is 15.0. The number of aromatic amines is 2. The third-order valence-corrected chi connectivity index (χ3v) is 4.86. The van der Waals surface area contributed by atoms with E-state index in [0.717, 1.165) is 39.3 Å². The fraction of sp³-hybridized carbons (Fsp3) is 0.136. The van der Waals surface area contributed by atoms with Gasteiger partial charge in [-0.05, 0) is 55.3 Å². The third kappa shape index (κ3) is 3.76. The Morgan fingerprint density at radius 3 is 2.81 bits per heavy atom. The summed E-state index contributed by atoms with van der Waals surface area (Å²) in [4.78, 5) is 18.7. The van der Waals surface area contributed by atoms with Gasteiger partial charge in [0.1, 0.15) is 0 Å². The Balaban J connectivity index is 1.62. The number of anilines is 1. The van der Waals surface area contributed by atoms with E-state index in [9.17, 15) is 4.79 Å². The number of benzene rings is 2. The first-order valence-corrected chi connectivity index (χ1v) is 9.28. The predicted molar refractivity (Wildman–Crippen MR) is 113 cm³/mol. The molecule has 3 N–H and O–H groups in total. The van der Waals surface area contributed by atoms with Crippen LogP contribution in [-0.4, -0.2) is 16.5 Å². The van der Waals surface area contributed by atoms with Crippen LogP contribution in [0.2, 0.25) is 5.02 Å². The molecule has 2 aromatic carbocycles. The minimum Gasteiger partial charge on any atom is -0.384 e. The summed E-state index contributed by atoms with van der Waals surface area (Å²) < 4.78 is 0. The number of hydrogen-bond donors (Lipinski definition) is 3. The van der Waals surface area contributed by atoms with Crippen molar-refractivity contribution in [3.8, 4) is 11.3 Å². The number of fused-ring (bicyclic) bond motifs is 1. The number of H-pyrrole nitrogens is 2. The maximum Gasteiger partial charge on any atom is 0.259 e. The number of hydrogen-bond acceptors (Lipinski definition) is 2. The topological polar surface area (TPSA) is 60.7 Å². The van der Waals surface area contributed by atoms with E-state index in [1.165, 1.54) is 5.56 Å². The van der Waals surface area contributed by atoms with E-state index >= 15 is 0 Å². The molecular weight excluding hydrogens is 358 g/mol. The Bertz CT molecular complexity index is 1160. The molecule has 2 heterocycles. The van der Waals surface area contributed by atoms with E-state index in [0.29, 0.717) is 12.1 Å². The van der Waals surface area contributed by atoms with Crippen LogP contribution < -0.4 is 10.9 Å². The molecule has 0 aliphatic carbocycles. The summed E-state index contributed by atoms with van der Waals surface area (Å²) in [5.41, 5.74) is 5.48. The molecule has 0 aliphatic rings. The highest BCUT2D eigenvalue weighted by molar-refractivity contribution is 6.30. The van der Waals surface area contributed by atoms with Crippen molar-refractivity contribution < 1.29 is 0 Å². The van der Waals surface area contributed by atoms with Crippen molar-refractivity contribution in [2.45, 2.75) is 13.3 Å². The number of halogens is 1. The molecule has 0 aliphatic heterocycles. The van der Waals surface area contributed by atoms with Crippen molar-refractivity contribution in [2.75, 3.05) is 11.9 Å². The van der Waals surface area contributed by atoms with E-state index in [1.54, 1.807) is 6.20 Å². The van der Waals surface area contributed by atoms with Crippen LogP contribution in [0.25, 0.3) is 22.2 Å². The fourth-order valence-corrected chi connectivity index (χ4v) is 3.53. The molecule has 27 heavy (non-hydrogen) atoms.